The predicted octanol–water partition coefficient (Wildman–Crippen LogP) is 0.387. The first kappa shape index (κ1) is 9.06. The van der Waals surface area contributed by atoms with E-state index in [4.69, 9.17) is 0 Å². The Balaban J connectivity index is 2.53. The van der Waals surface area contributed by atoms with E-state index in [9.17, 15) is 9.90 Å². The van der Waals surface area contributed by atoms with Gasteiger partial charge >= 0.3 is 6.09 Å². The number of carbonyl (C=O) groups is 1. The zero-order chi connectivity index (χ0) is 8.97. The molecule has 4 nitrogen and oxygen atoms in total. The van der Waals surface area contributed by atoms with Crippen molar-refractivity contribution in [1.29, 1.82) is 0 Å². The Kier molecular flexibility index (Phi) is 3.10. The number of rotatable bonds is 2. The van der Waals surface area contributed by atoms with Gasteiger partial charge in [0.2, 0.25) is 0 Å². The lowest BCUT2D eigenvalue weighted by atomic mass is 10.1. The minimum absolute atomic E-state index is 0.00116. The smallest absolute Gasteiger partial charge is 0.313 e. The Morgan fingerprint density at radius 1 is 1.75 bits per heavy atom. The molecule has 1 aliphatic rings. The summed E-state index contributed by atoms with van der Waals surface area (Å²) < 4.78 is 0. The van der Waals surface area contributed by atoms with Gasteiger partial charge in [0.25, 0.3) is 0 Å². The molecule has 67 valence electrons. The summed E-state index contributed by atoms with van der Waals surface area (Å²) in [6, 6.07) is 0.00116. The summed E-state index contributed by atoms with van der Waals surface area (Å²) in [7, 11) is 0. The summed E-state index contributed by atoms with van der Waals surface area (Å²) in [6.07, 6.45) is 1.33. The van der Waals surface area contributed by atoms with Crippen molar-refractivity contribution in [3.8, 4) is 0 Å². The summed E-state index contributed by atoms with van der Waals surface area (Å²) in [5.41, 5.74) is 0. The van der Waals surface area contributed by atoms with Crippen LogP contribution in [0.25, 0.3) is 0 Å². The van der Waals surface area contributed by atoms with Gasteiger partial charge in [0, 0.05) is 19.6 Å². The Labute approximate surface area is 71.9 Å². The highest BCUT2D eigenvalue weighted by Crippen LogP contribution is 2.07. The first-order chi connectivity index (χ1) is 5.75. The summed E-state index contributed by atoms with van der Waals surface area (Å²) in [5, 5.41) is 13.7. The van der Waals surface area contributed by atoms with Gasteiger partial charge in [-0.3, -0.25) is 4.90 Å². The van der Waals surface area contributed by atoms with Crippen LogP contribution >= 0.6 is 0 Å². The van der Waals surface area contributed by atoms with Gasteiger partial charge in [0.15, 0.2) is 0 Å². The zero-order valence-corrected chi connectivity index (χ0v) is 6.95. The third kappa shape index (κ3) is 1.98. The maximum atomic E-state index is 10.6. The fourth-order valence-corrected chi connectivity index (χ4v) is 1.40. The van der Waals surface area contributed by atoms with Crippen LogP contribution in [0.3, 0.4) is 0 Å². The highest BCUT2D eigenvalue weighted by molar-refractivity contribution is 5.65. The highest BCUT2D eigenvalue weighted by atomic mass is 16.4. The third-order valence-corrected chi connectivity index (χ3v) is 2.02. The predicted molar refractivity (Wildman–Crippen MR) is 44.3 cm³/mol. The lowest BCUT2D eigenvalue weighted by molar-refractivity contribution is 0.0912. The van der Waals surface area contributed by atoms with Crippen molar-refractivity contribution in [2.45, 2.75) is 12.5 Å². The average Bonchev–Trinajstić information content (AvgIpc) is 2.05. The van der Waals surface area contributed by atoms with Crippen LogP contribution in [0.1, 0.15) is 6.42 Å². The molecule has 1 heterocycles. The van der Waals surface area contributed by atoms with Crippen LogP contribution in [-0.4, -0.2) is 36.7 Å². The van der Waals surface area contributed by atoms with Gasteiger partial charge in [-0.05, 0) is 6.42 Å². The van der Waals surface area contributed by atoms with Gasteiger partial charge in [-0.15, -0.1) is 6.58 Å². The lowest BCUT2D eigenvalue weighted by Gasteiger charge is -2.32. The first-order valence-electron chi connectivity index (χ1n) is 4.05. The molecule has 1 unspecified atom stereocenters. The quantitative estimate of drug-likeness (QED) is 0.608. The molecular weight excluding hydrogens is 156 g/mol. The Bertz CT molecular complexity index is 182. The molecule has 1 N–H and O–H groups in total. The van der Waals surface area contributed by atoms with E-state index in [1.54, 1.807) is 6.08 Å². The maximum Gasteiger partial charge on any atom is 0.453 e. The molecule has 1 aliphatic heterocycles. The molecule has 0 saturated carbocycles. The second kappa shape index (κ2) is 4.11. The number of carbonyl (C=O) groups excluding carboxylic acids is 1. The Hall–Kier alpha value is -1.03. The van der Waals surface area contributed by atoms with E-state index in [1.165, 1.54) is 4.90 Å². The highest BCUT2D eigenvalue weighted by Gasteiger charge is 2.25. The largest absolute Gasteiger partial charge is 0.453 e. The topological polar surface area (TPSA) is 52.2 Å². The molecule has 12 heavy (non-hydrogen) atoms. The summed E-state index contributed by atoms with van der Waals surface area (Å²) >= 11 is 0. The molecule has 1 atom stereocenters. The van der Waals surface area contributed by atoms with Gasteiger partial charge < -0.3 is 5.32 Å². The van der Waals surface area contributed by atoms with Gasteiger partial charge in [0.1, 0.15) is 0 Å². The van der Waals surface area contributed by atoms with Crippen LogP contribution in [0.2, 0.25) is 0 Å². The number of nitrogens with zero attached hydrogens (tertiary/aromatic N) is 1. The van der Waals surface area contributed by atoms with Crippen molar-refractivity contribution in [2.24, 2.45) is 0 Å². The molecule has 1 fully saturated rings. The number of hydrogen-bond donors (Lipinski definition) is 1. The normalized spacial score (nSPS) is 23.7. The van der Waals surface area contributed by atoms with Crippen LogP contribution in [0, 0.1) is 0 Å². The Morgan fingerprint density at radius 2 is 2.50 bits per heavy atom. The minimum atomic E-state index is -1.08. The molecule has 0 aromatic carbocycles. The van der Waals surface area contributed by atoms with E-state index in [2.05, 4.69) is 11.9 Å². The molecule has 0 spiro atoms. The van der Waals surface area contributed by atoms with E-state index in [1.807, 2.05) is 0 Å². The fourth-order valence-electron chi connectivity index (χ4n) is 1.40. The number of nitrogens with one attached hydrogen (secondary N) is 1. The van der Waals surface area contributed by atoms with Gasteiger partial charge in [-0.25, -0.2) is 9.90 Å². The molecule has 0 aliphatic carbocycles. The molecule has 0 aromatic rings. The molecule has 1 saturated heterocycles. The van der Waals surface area contributed by atoms with Crippen molar-refractivity contribution >= 4 is 6.09 Å². The van der Waals surface area contributed by atoms with Crippen LogP contribution in [-0.2, 0) is 5.11 Å². The van der Waals surface area contributed by atoms with Crippen LogP contribution in [0.15, 0.2) is 12.7 Å². The van der Waals surface area contributed by atoms with Crippen molar-refractivity contribution in [2.75, 3.05) is 19.6 Å². The van der Waals surface area contributed by atoms with E-state index < -0.39 is 6.09 Å². The van der Waals surface area contributed by atoms with E-state index in [-0.39, 0.29) is 6.04 Å². The van der Waals surface area contributed by atoms with Gasteiger partial charge in [-0.2, -0.15) is 0 Å². The standard InChI is InChI=1S/C8H13N2O2/c1-2-3-7-6-9-4-5-10(7)8(11)12/h2,7,9H,1,3-6H2. The Morgan fingerprint density at radius 3 is 3.08 bits per heavy atom. The first-order valence-corrected chi connectivity index (χ1v) is 4.05. The molecular formula is C8H13N2O2. The monoisotopic (exact) mass is 169 g/mol. The molecule has 0 bridgehead atoms. The van der Waals surface area contributed by atoms with Gasteiger partial charge in [0.05, 0.1) is 6.04 Å². The maximum absolute atomic E-state index is 10.6. The molecule has 1 radical (unpaired) electrons. The summed E-state index contributed by atoms with van der Waals surface area (Å²) in [5.74, 6) is 0. The SMILES string of the molecule is C=CCC1CNCCN1C([O])=O. The van der Waals surface area contributed by atoms with Crippen molar-refractivity contribution in [3.63, 3.8) is 0 Å². The van der Waals surface area contributed by atoms with E-state index in [0.717, 1.165) is 0 Å². The number of piperazine rings is 1. The van der Waals surface area contributed by atoms with E-state index in [0.29, 0.717) is 26.1 Å². The van der Waals surface area contributed by atoms with Gasteiger partial charge in [-0.1, -0.05) is 6.08 Å². The van der Waals surface area contributed by atoms with Crippen LogP contribution in [0.4, 0.5) is 4.79 Å². The molecule has 0 aromatic heterocycles. The van der Waals surface area contributed by atoms with E-state index >= 15 is 0 Å². The van der Waals surface area contributed by atoms with Crippen molar-refractivity contribution < 1.29 is 9.90 Å². The average molecular weight is 169 g/mol. The number of amides is 1. The third-order valence-electron chi connectivity index (χ3n) is 2.02. The summed E-state index contributed by atoms with van der Waals surface area (Å²) in [6.45, 7) is 5.50. The molecule has 4 heteroatoms. The van der Waals surface area contributed by atoms with Crippen LogP contribution < -0.4 is 5.32 Å². The fraction of sp³-hybridized carbons (Fsp3) is 0.625. The van der Waals surface area contributed by atoms with Crippen molar-refractivity contribution in [3.05, 3.63) is 12.7 Å². The minimum Gasteiger partial charge on any atom is -0.313 e. The second-order valence-electron chi connectivity index (χ2n) is 2.84. The summed E-state index contributed by atoms with van der Waals surface area (Å²) in [4.78, 5) is 12.0. The second-order valence-corrected chi connectivity index (χ2v) is 2.84. The van der Waals surface area contributed by atoms with Crippen molar-refractivity contribution in [1.82, 2.24) is 10.2 Å². The van der Waals surface area contributed by atoms with Crippen LogP contribution in [0.5, 0.6) is 0 Å². The lowest BCUT2D eigenvalue weighted by Crippen LogP contribution is -2.52. The molecule has 1 amide bonds. The zero-order valence-electron chi connectivity index (χ0n) is 6.95. The molecule has 1 rings (SSSR count). The number of hydrogen-bond acceptors (Lipinski definition) is 2.